The lowest BCUT2D eigenvalue weighted by Crippen LogP contribution is -2.13. The summed E-state index contributed by atoms with van der Waals surface area (Å²) < 4.78 is 13.3. The van der Waals surface area contributed by atoms with E-state index in [-0.39, 0.29) is 5.91 Å². The van der Waals surface area contributed by atoms with Gasteiger partial charge in [0.25, 0.3) is 5.91 Å². The molecular formula is C13H10BrFN2O. The summed E-state index contributed by atoms with van der Waals surface area (Å²) >= 11 is 3.15. The van der Waals surface area contributed by atoms with E-state index in [9.17, 15) is 9.18 Å². The molecular weight excluding hydrogens is 299 g/mol. The molecule has 0 aliphatic rings. The summed E-state index contributed by atoms with van der Waals surface area (Å²) in [7, 11) is 0. The van der Waals surface area contributed by atoms with Gasteiger partial charge in [-0.25, -0.2) is 9.37 Å². The second kappa shape index (κ2) is 5.27. The van der Waals surface area contributed by atoms with Crippen molar-refractivity contribution in [3.63, 3.8) is 0 Å². The third-order valence-corrected chi connectivity index (χ3v) is 2.98. The number of carbonyl (C=O) groups excluding carboxylic acids is 1. The van der Waals surface area contributed by atoms with Crippen LogP contribution in [0.1, 0.15) is 15.9 Å². The highest BCUT2D eigenvalue weighted by molar-refractivity contribution is 9.10. The molecule has 0 bridgehead atoms. The minimum atomic E-state index is -0.396. The normalized spacial score (nSPS) is 10.2. The quantitative estimate of drug-likeness (QED) is 0.922. The van der Waals surface area contributed by atoms with Gasteiger partial charge in [0, 0.05) is 10.7 Å². The largest absolute Gasteiger partial charge is 0.307 e. The Morgan fingerprint density at radius 1 is 1.33 bits per heavy atom. The minimum Gasteiger partial charge on any atom is -0.307 e. The van der Waals surface area contributed by atoms with Crippen LogP contribution in [-0.4, -0.2) is 10.9 Å². The molecule has 92 valence electrons. The molecule has 1 heterocycles. The highest BCUT2D eigenvalue weighted by Gasteiger charge is 2.11. The maximum atomic E-state index is 12.9. The van der Waals surface area contributed by atoms with E-state index in [1.54, 1.807) is 12.3 Å². The van der Waals surface area contributed by atoms with Crippen molar-refractivity contribution in [2.75, 3.05) is 5.32 Å². The summed E-state index contributed by atoms with van der Waals surface area (Å²) in [5, 5.41) is 2.64. The fraction of sp³-hybridized carbons (Fsp3) is 0.0769. The number of anilines is 1. The molecule has 0 atom stereocenters. The Bertz CT molecular complexity index is 584. The second-order valence-electron chi connectivity index (χ2n) is 3.80. The number of nitrogens with zero attached hydrogens (tertiary/aromatic N) is 1. The number of carbonyl (C=O) groups is 1. The average molecular weight is 309 g/mol. The smallest absolute Gasteiger partial charge is 0.257 e. The average Bonchev–Trinajstić information content (AvgIpc) is 2.32. The standard InChI is InChI=1S/C13H10BrFN2O/c1-8-2-5-12(16-7-8)17-13(18)10-4-3-9(15)6-11(10)14/h2-7H,1H3,(H,16,17,18). The van der Waals surface area contributed by atoms with E-state index in [0.717, 1.165) is 5.56 Å². The van der Waals surface area contributed by atoms with E-state index in [0.29, 0.717) is 15.9 Å². The summed E-state index contributed by atoms with van der Waals surface area (Å²) in [6.07, 6.45) is 1.66. The van der Waals surface area contributed by atoms with E-state index in [2.05, 4.69) is 26.2 Å². The highest BCUT2D eigenvalue weighted by Crippen LogP contribution is 2.19. The number of nitrogens with one attached hydrogen (secondary N) is 1. The number of halogens is 2. The molecule has 1 N–H and O–H groups in total. The zero-order chi connectivity index (χ0) is 13.1. The third kappa shape index (κ3) is 2.92. The van der Waals surface area contributed by atoms with Gasteiger partial charge in [0.1, 0.15) is 11.6 Å². The molecule has 2 aromatic rings. The second-order valence-corrected chi connectivity index (χ2v) is 4.65. The van der Waals surface area contributed by atoms with Crippen LogP contribution < -0.4 is 5.32 Å². The SMILES string of the molecule is Cc1ccc(NC(=O)c2ccc(F)cc2Br)nc1. The molecule has 0 aliphatic carbocycles. The van der Waals surface area contributed by atoms with Crippen molar-refractivity contribution in [2.24, 2.45) is 0 Å². The van der Waals surface area contributed by atoms with Crippen LogP contribution in [0.3, 0.4) is 0 Å². The summed E-state index contributed by atoms with van der Waals surface area (Å²) in [6, 6.07) is 7.47. The Morgan fingerprint density at radius 2 is 2.11 bits per heavy atom. The molecule has 0 radical (unpaired) electrons. The summed E-state index contributed by atoms with van der Waals surface area (Å²) in [5.41, 5.74) is 1.37. The van der Waals surface area contributed by atoms with E-state index < -0.39 is 5.82 Å². The first-order valence-electron chi connectivity index (χ1n) is 5.25. The molecule has 0 spiro atoms. The number of benzene rings is 1. The molecule has 0 saturated heterocycles. The number of pyridine rings is 1. The number of aryl methyl sites for hydroxylation is 1. The topological polar surface area (TPSA) is 42.0 Å². The zero-order valence-electron chi connectivity index (χ0n) is 9.58. The van der Waals surface area contributed by atoms with Gasteiger partial charge >= 0.3 is 0 Å². The van der Waals surface area contributed by atoms with Gasteiger partial charge in [-0.05, 0) is 52.7 Å². The maximum Gasteiger partial charge on any atom is 0.257 e. The number of hydrogen-bond acceptors (Lipinski definition) is 2. The van der Waals surface area contributed by atoms with Gasteiger partial charge in [0.05, 0.1) is 5.56 Å². The van der Waals surface area contributed by atoms with Gasteiger partial charge < -0.3 is 5.32 Å². The van der Waals surface area contributed by atoms with Crippen molar-refractivity contribution >= 4 is 27.7 Å². The number of aromatic nitrogens is 1. The Balaban J connectivity index is 2.19. The van der Waals surface area contributed by atoms with Crippen LogP contribution in [0.2, 0.25) is 0 Å². The third-order valence-electron chi connectivity index (χ3n) is 2.33. The van der Waals surface area contributed by atoms with Crippen molar-refractivity contribution < 1.29 is 9.18 Å². The van der Waals surface area contributed by atoms with Crippen molar-refractivity contribution in [3.05, 3.63) is 57.9 Å². The molecule has 5 heteroatoms. The predicted molar refractivity (Wildman–Crippen MR) is 71.0 cm³/mol. The van der Waals surface area contributed by atoms with E-state index in [1.165, 1.54) is 18.2 Å². The molecule has 1 amide bonds. The van der Waals surface area contributed by atoms with Gasteiger partial charge in [-0.15, -0.1) is 0 Å². The molecule has 18 heavy (non-hydrogen) atoms. The van der Waals surface area contributed by atoms with Crippen molar-refractivity contribution in [3.8, 4) is 0 Å². The highest BCUT2D eigenvalue weighted by atomic mass is 79.9. The number of rotatable bonds is 2. The number of hydrogen-bond donors (Lipinski definition) is 1. The lowest BCUT2D eigenvalue weighted by molar-refractivity contribution is 0.102. The molecule has 0 saturated carbocycles. The van der Waals surface area contributed by atoms with Crippen molar-refractivity contribution in [2.45, 2.75) is 6.92 Å². The van der Waals surface area contributed by atoms with Gasteiger partial charge in [-0.2, -0.15) is 0 Å². The molecule has 3 nitrogen and oxygen atoms in total. The molecule has 1 aromatic heterocycles. The fourth-order valence-electron chi connectivity index (χ4n) is 1.40. The van der Waals surface area contributed by atoms with Crippen LogP contribution in [0.25, 0.3) is 0 Å². The van der Waals surface area contributed by atoms with Crippen LogP contribution in [0.15, 0.2) is 41.0 Å². The maximum absolute atomic E-state index is 12.9. The first kappa shape index (κ1) is 12.7. The van der Waals surface area contributed by atoms with Crippen molar-refractivity contribution in [1.82, 2.24) is 4.98 Å². The fourth-order valence-corrected chi connectivity index (χ4v) is 1.93. The zero-order valence-corrected chi connectivity index (χ0v) is 11.2. The summed E-state index contributed by atoms with van der Waals surface area (Å²) in [6.45, 7) is 1.91. The van der Waals surface area contributed by atoms with Crippen LogP contribution in [-0.2, 0) is 0 Å². The van der Waals surface area contributed by atoms with Crippen LogP contribution in [0.4, 0.5) is 10.2 Å². The summed E-state index contributed by atoms with van der Waals surface area (Å²) in [5.74, 6) is -0.271. The Labute approximate surface area is 112 Å². The van der Waals surface area contributed by atoms with Crippen LogP contribution in [0.5, 0.6) is 0 Å². The Kier molecular flexibility index (Phi) is 3.72. The lowest BCUT2D eigenvalue weighted by atomic mass is 10.2. The predicted octanol–water partition coefficient (Wildman–Crippen LogP) is 3.54. The Hall–Kier alpha value is -1.75. The first-order chi connectivity index (χ1) is 8.56. The van der Waals surface area contributed by atoms with E-state index >= 15 is 0 Å². The summed E-state index contributed by atoms with van der Waals surface area (Å²) in [4.78, 5) is 16.0. The van der Waals surface area contributed by atoms with Crippen LogP contribution >= 0.6 is 15.9 Å². The molecule has 0 unspecified atom stereocenters. The monoisotopic (exact) mass is 308 g/mol. The molecule has 2 rings (SSSR count). The molecule has 1 aromatic carbocycles. The lowest BCUT2D eigenvalue weighted by Gasteiger charge is -2.06. The van der Waals surface area contributed by atoms with Gasteiger partial charge in [0.2, 0.25) is 0 Å². The number of amides is 1. The van der Waals surface area contributed by atoms with Gasteiger partial charge in [0.15, 0.2) is 0 Å². The molecule has 0 aliphatic heterocycles. The van der Waals surface area contributed by atoms with Gasteiger partial charge in [-0.3, -0.25) is 4.79 Å². The Morgan fingerprint density at radius 3 is 2.72 bits per heavy atom. The van der Waals surface area contributed by atoms with Crippen LogP contribution in [0, 0.1) is 12.7 Å². The van der Waals surface area contributed by atoms with E-state index in [1.807, 2.05) is 13.0 Å². The van der Waals surface area contributed by atoms with Crippen molar-refractivity contribution in [1.29, 1.82) is 0 Å². The van der Waals surface area contributed by atoms with E-state index in [4.69, 9.17) is 0 Å². The van der Waals surface area contributed by atoms with Gasteiger partial charge in [-0.1, -0.05) is 6.07 Å². The molecule has 0 fully saturated rings. The first-order valence-corrected chi connectivity index (χ1v) is 6.04. The minimum absolute atomic E-state index is 0.335.